The van der Waals surface area contributed by atoms with E-state index >= 15 is 0 Å². The van der Waals surface area contributed by atoms with E-state index in [1.807, 2.05) is 0 Å². The van der Waals surface area contributed by atoms with E-state index in [9.17, 15) is 13.2 Å². The molecule has 124 valence electrons. The largest absolute Gasteiger partial charge is 0.525 e. The summed E-state index contributed by atoms with van der Waals surface area (Å²) in [5, 5.41) is 2.89. The Balaban J connectivity index is 2.07. The topological polar surface area (TPSA) is 30.5 Å². The zero-order valence-electron chi connectivity index (χ0n) is 13.6. The van der Waals surface area contributed by atoms with Gasteiger partial charge in [0.05, 0.1) is 11.2 Å². The molecule has 0 saturated carbocycles. The standard InChI is InChI=1S/C16H19BF3NO2/c1-15(2)16(3,4)23-17(22-15)14(20)10-8-21-7-9-11(18)5-6-12(19)13(9)10/h5-6,21H,7-8H2,1-4H3. The van der Waals surface area contributed by atoms with Crippen LogP contribution in [0.15, 0.2) is 17.9 Å². The van der Waals surface area contributed by atoms with Gasteiger partial charge in [-0.15, -0.1) is 0 Å². The fourth-order valence-electron chi connectivity index (χ4n) is 2.79. The molecule has 1 saturated heterocycles. The smallest absolute Gasteiger partial charge is 0.398 e. The van der Waals surface area contributed by atoms with E-state index < -0.39 is 35.7 Å². The predicted molar refractivity (Wildman–Crippen MR) is 82.2 cm³/mol. The molecule has 0 aromatic heterocycles. The third kappa shape index (κ3) is 2.60. The van der Waals surface area contributed by atoms with Crippen LogP contribution in [-0.4, -0.2) is 24.9 Å². The van der Waals surface area contributed by atoms with E-state index in [-0.39, 0.29) is 29.8 Å². The summed E-state index contributed by atoms with van der Waals surface area (Å²) in [4.78, 5) is 0. The van der Waals surface area contributed by atoms with Gasteiger partial charge in [-0.05, 0) is 39.8 Å². The second-order valence-corrected chi connectivity index (χ2v) is 6.90. The first-order valence-corrected chi connectivity index (χ1v) is 7.56. The summed E-state index contributed by atoms with van der Waals surface area (Å²) in [7, 11) is -1.23. The molecule has 0 aliphatic carbocycles. The van der Waals surface area contributed by atoms with Crippen molar-refractivity contribution in [3.63, 3.8) is 0 Å². The Bertz CT molecular complexity index is 672. The fourth-order valence-corrected chi connectivity index (χ4v) is 2.79. The molecule has 7 heteroatoms. The van der Waals surface area contributed by atoms with Crippen LogP contribution in [0.1, 0.15) is 38.8 Å². The van der Waals surface area contributed by atoms with Crippen LogP contribution in [0.4, 0.5) is 13.2 Å². The molecule has 0 amide bonds. The molecule has 3 rings (SSSR count). The lowest BCUT2D eigenvalue weighted by Gasteiger charge is -2.32. The zero-order chi connectivity index (χ0) is 17.0. The lowest BCUT2D eigenvalue weighted by Crippen LogP contribution is -2.41. The molecule has 2 aliphatic heterocycles. The third-order valence-electron chi connectivity index (χ3n) is 4.86. The number of rotatable bonds is 1. The first-order chi connectivity index (χ1) is 10.6. The fraction of sp³-hybridized carbons (Fsp3) is 0.500. The number of hydrogen-bond acceptors (Lipinski definition) is 3. The van der Waals surface area contributed by atoms with Crippen molar-refractivity contribution < 1.29 is 22.5 Å². The Morgan fingerprint density at radius 1 is 1.04 bits per heavy atom. The van der Waals surface area contributed by atoms with Crippen LogP contribution in [0.3, 0.4) is 0 Å². The molecule has 0 bridgehead atoms. The van der Waals surface area contributed by atoms with E-state index in [4.69, 9.17) is 9.31 Å². The molecule has 2 aliphatic rings. The summed E-state index contributed by atoms with van der Waals surface area (Å²) in [6.45, 7) is 7.45. The van der Waals surface area contributed by atoms with Crippen molar-refractivity contribution in [2.45, 2.75) is 45.4 Å². The highest BCUT2D eigenvalue weighted by Crippen LogP contribution is 2.41. The van der Waals surface area contributed by atoms with Crippen molar-refractivity contribution in [3.8, 4) is 0 Å². The molecular formula is C16H19BF3NO2. The Kier molecular flexibility index (Phi) is 3.86. The number of hydrogen-bond donors (Lipinski definition) is 1. The van der Waals surface area contributed by atoms with Crippen LogP contribution in [0, 0.1) is 11.6 Å². The van der Waals surface area contributed by atoms with E-state index in [1.54, 1.807) is 27.7 Å². The minimum atomic E-state index is -1.23. The molecular weight excluding hydrogens is 306 g/mol. The van der Waals surface area contributed by atoms with Crippen LogP contribution in [0.25, 0.3) is 5.57 Å². The molecule has 0 radical (unpaired) electrons. The van der Waals surface area contributed by atoms with Gasteiger partial charge in [-0.3, -0.25) is 0 Å². The maximum absolute atomic E-state index is 15.0. The minimum Gasteiger partial charge on any atom is -0.398 e. The monoisotopic (exact) mass is 325 g/mol. The van der Waals surface area contributed by atoms with E-state index in [0.717, 1.165) is 12.1 Å². The second kappa shape index (κ2) is 5.36. The van der Waals surface area contributed by atoms with Crippen LogP contribution in [-0.2, 0) is 15.9 Å². The van der Waals surface area contributed by atoms with Crippen molar-refractivity contribution in [3.05, 3.63) is 40.6 Å². The molecule has 23 heavy (non-hydrogen) atoms. The maximum Gasteiger partial charge on any atom is 0.525 e. The van der Waals surface area contributed by atoms with Gasteiger partial charge in [0.15, 0.2) is 0 Å². The molecule has 0 atom stereocenters. The average Bonchev–Trinajstić information content (AvgIpc) is 2.70. The summed E-state index contributed by atoms with van der Waals surface area (Å²) >= 11 is 0. The average molecular weight is 325 g/mol. The van der Waals surface area contributed by atoms with Gasteiger partial charge in [0.2, 0.25) is 0 Å². The molecule has 1 aromatic rings. The number of benzene rings is 1. The quantitative estimate of drug-likeness (QED) is 0.803. The Hall–Kier alpha value is -1.31. The van der Waals surface area contributed by atoms with Crippen molar-refractivity contribution in [1.82, 2.24) is 5.32 Å². The van der Waals surface area contributed by atoms with Crippen LogP contribution in [0.2, 0.25) is 0 Å². The van der Waals surface area contributed by atoms with Crippen molar-refractivity contribution in [2.24, 2.45) is 0 Å². The predicted octanol–water partition coefficient (Wildman–Crippen LogP) is 3.38. The van der Waals surface area contributed by atoms with Gasteiger partial charge < -0.3 is 14.6 Å². The number of fused-ring (bicyclic) bond motifs is 1. The van der Waals surface area contributed by atoms with Gasteiger partial charge in [-0.2, -0.15) is 0 Å². The van der Waals surface area contributed by atoms with Gasteiger partial charge in [0, 0.05) is 29.8 Å². The van der Waals surface area contributed by atoms with E-state index in [0.29, 0.717) is 0 Å². The summed E-state index contributed by atoms with van der Waals surface area (Å²) in [5.74, 6) is -1.21. The first-order valence-electron chi connectivity index (χ1n) is 7.56. The maximum atomic E-state index is 15.0. The molecule has 0 unspecified atom stereocenters. The van der Waals surface area contributed by atoms with Crippen LogP contribution >= 0.6 is 0 Å². The van der Waals surface area contributed by atoms with Crippen LogP contribution < -0.4 is 5.32 Å². The first kappa shape index (κ1) is 16.5. The SMILES string of the molecule is CC1(C)OB(C(F)=C2CNCc3c(F)ccc(F)c32)OC1(C)C. The molecule has 1 aromatic carbocycles. The normalized spacial score (nSPS) is 24.6. The van der Waals surface area contributed by atoms with Gasteiger partial charge in [0.1, 0.15) is 17.4 Å². The summed E-state index contributed by atoms with van der Waals surface area (Å²) < 4.78 is 54.4. The van der Waals surface area contributed by atoms with Crippen molar-refractivity contribution in [2.75, 3.05) is 6.54 Å². The van der Waals surface area contributed by atoms with Gasteiger partial charge in [-0.25, -0.2) is 13.2 Å². The lowest BCUT2D eigenvalue weighted by atomic mass is 9.80. The van der Waals surface area contributed by atoms with Crippen LogP contribution in [0.5, 0.6) is 0 Å². The molecule has 0 spiro atoms. The Labute approximate surface area is 134 Å². The highest BCUT2D eigenvalue weighted by Gasteiger charge is 2.53. The zero-order valence-corrected chi connectivity index (χ0v) is 13.6. The number of nitrogens with one attached hydrogen (secondary N) is 1. The molecule has 1 fully saturated rings. The third-order valence-corrected chi connectivity index (χ3v) is 4.86. The summed E-state index contributed by atoms with van der Waals surface area (Å²) in [6.07, 6.45) is 0. The Morgan fingerprint density at radius 3 is 2.22 bits per heavy atom. The van der Waals surface area contributed by atoms with Gasteiger partial charge >= 0.3 is 7.12 Å². The van der Waals surface area contributed by atoms with Crippen molar-refractivity contribution in [1.29, 1.82) is 0 Å². The highest BCUT2D eigenvalue weighted by atomic mass is 19.1. The van der Waals surface area contributed by atoms with Gasteiger partial charge in [-0.1, -0.05) is 0 Å². The molecule has 2 heterocycles. The number of halogens is 3. The lowest BCUT2D eigenvalue weighted by molar-refractivity contribution is 0.00578. The molecule has 3 nitrogen and oxygen atoms in total. The van der Waals surface area contributed by atoms with E-state index in [1.165, 1.54) is 0 Å². The molecule has 1 N–H and O–H groups in total. The van der Waals surface area contributed by atoms with Crippen molar-refractivity contribution >= 4 is 12.7 Å². The Morgan fingerprint density at radius 2 is 1.61 bits per heavy atom. The minimum absolute atomic E-state index is 0.0315. The van der Waals surface area contributed by atoms with Gasteiger partial charge in [0.25, 0.3) is 0 Å². The summed E-state index contributed by atoms with van der Waals surface area (Å²) in [6, 6.07) is 2.06. The second-order valence-electron chi connectivity index (χ2n) is 6.90. The highest BCUT2D eigenvalue weighted by molar-refractivity contribution is 6.55. The van der Waals surface area contributed by atoms with E-state index in [2.05, 4.69) is 5.32 Å². The summed E-state index contributed by atoms with van der Waals surface area (Å²) in [5.41, 5.74) is -2.00.